The van der Waals surface area contributed by atoms with Crippen molar-refractivity contribution in [2.75, 3.05) is 12.4 Å². The van der Waals surface area contributed by atoms with Crippen molar-refractivity contribution in [3.63, 3.8) is 0 Å². The maximum Gasteiger partial charge on any atom is 0.417 e. The average Bonchev–Trinajstić information content (AvgIpc) is 2.98. The van der Waals surface area contributed by atoms with Gasteiger partial charge in [-0.15, -0.1) is 0 Å². The van der Waals surface area contributed by atoms with Gasteiger partial charge in [0, 0.05) is 17.2 Å². The van der Waals surface area contributed by atoms with E-state index >= 15 is 0 Å². The van der Waals surface area contributed by atoms with E-state index in [1.54, 1.807) is 0 Å². The van der Waals surface area contributed by atoms with Gasteiger partial charge in [-0.1, -0.05) is 11.6 Å². The average molecular weight is 448 g/mol. The standard InChI is InChI=1S/C19H15ClF5N3O2/c1-30-15-7-26-17(22)9-4-8-2-3-14(16(9)15)28(8)18(29)27-13-6-11(20)10(5-12(13)21)19(23,24)25/h5-8,14H,2-4H2,1H3,(H,27,29)/t8-,14+/m0/s1. The van der Waals surface area contributed by atoms with E-state index in [0.717, 1.165) is 6.07 Å². The van der Waals surface area contributed by atoms with Crippen LogP contribution in [-0.2, 0) is 12.6 Å². The maximum absolute atomic E-state index is 14.2. The van der Waals surface area contributed by atoms with Crippen molar-refractivity contribution >= 4 is 23.3 Å². The highest BCUT2D eigenvalue weighted by molar-refractivity contribution is 6.31. The predicted molar refractivity (Wildman–Crippen MR) is 97.5 cm³/mol. The van der Waals surface area contributed by atoms with Crippen LogP contribution in [0, 0.1) is 11.8 Å². The van der Waals surface area contributed by atoms with E-state index in [0.29, 0.717) is 29.7 Å². The molecule has 0 radical (unpaired) electrons. The van der Waals surface area contributed by atoms with Crippen molar-refractivity contribution in [2.45, 2.75) is 37.5 Å². The summed E-state index contributed by atoms with van der Waals surface area (Å²) in [6.45, 7) is 0. The number of fused-ring (bicyclic) bond motifs is 4. The van der Waals surface area contributed by atoms with Crippen molar-refractivity contribution in [1.82, 2.24) is 9.88 Å². The van der Waals surface area contributed by atoms with E-state index in [4.69, 9.17) is 16.3 Å². The van der Waals surface area contributed by atoms with E-state index in [9.17, 15) is 26.7 Å². The van der Waals surface area contributed by atoms with Gasteiger partial charge >= 0.3 is 12.2 Å². The number of ether oxygens (including phenoxy) is 1. The van der Waals surface area contributed by atoms with Gasteiger partial charge in [-0.3, -0.25) is 0 Å². The third kappa shape index (κ3) is 3.32. The zero-order chi connectivity index (χ0) is 21.8. The summed E-state index contributed by atoms with van der Waals surface area (Å²) in [4.78, 5) is 18.0. The number of anilines is 1. The highest BCUT2D eigenvalue weighted by Crippen LogP contribution is 2.48. The molecule has 2 atom stereocenters. The fourth-order valence-corrected chi connectivity index (χ4v) is 4.46. The van der Waals surface area contributed by atoms with Gasteiger partial charge in [-0.05, 0) is 31.4 Å². The summed E-state index contributed by atoms with van der Waals surface area (Å²) in [7, 11) is 1.40. The number of nitrogens with one attached hydrogen (secondary N) is 1. The highest BCUT2D eigenvalue weighted by Gasteiger charge is 2.45. The first-order valence-electron chi connectivity index (χ1n) is 8.98. The molecule has 11 heteroatoms. The second kappa shape index (κ2) is 7.26. The number of hydrogen-bond donors (Lipinski definition) is 1. The Kier molecular flexibility index (Phi) is 5.00. The lowest BCUT2D eigenvalue weighted by Crippen LogP contribution is -2.44. The molecule has 160 valence electrons. The number of pyridine rings is 1. The second-order valence-electron chi connectivity index (χ2n) is 7.11. The molecule has 5 nitrogen and oxygen atoms in total. The summed E-state index contributed by atoms with van der Waals surface area (Å²) >= 11 is 5.63. The number of aromatic nitrogens is 1. The molecule has 2 aliphatic rings. The Hall–Kier alpha value is -2.62. The van der Waals surface area contributed by atoms with Gasteiger partial charge in [0.05, 0.1) is 35.6 Å². The zero-order valence-corrected chi connectivity index (χ0v) is 16.2. The molecule has 0 saturated carbocycles. The first-order chi connectivity index (χ1) is 14.1. The summed E-state index contributed by atoms with van der Waals surface area (Å²) < 4.78 is 72.4. The number of halogens is 6. The predicted octanol–water partition coefficient (Wildman–Crippen LogP) is 5.33. The lowest BCUT2D eigenvalue weighted by molar-refractivity contribution is -0.137. The van der Waals surface area contributed by atoms with Crippen LogP contribution in [0.25, 0.3) is 0 Å². The van der Waals surface area contributed by atoms with Crippen LogP contribution in [0.1, 0.15) is 35.6 Å². The van der Waals surface area contributed by atoms with E-state index in [1.807, 2.05) is 0 Å². The molecule has 0 spiro atoms. The molecule has 1 aromatic heterocycles. The molecule has 1 fully saturated rings. The van der Waals surface area contributed by atoms with E-state index in [2.05, 4.69) is 10.3 Å². The Morgan fingerprint density at radius 2 is 2.03 bits per heavy atom. The van der Waals surface area contributed by atoms with Crippen LogP contribution >= 0.6 is 11.6 Å². The SMILES string of the molecule is COc1cnc(F)c2c1[C@H]1CC[C@@H](C2)N1C(=O)Nc1cc(Cl)c(C(F)(F)F)cc1F. The van der Waals surface area contributed by atoms with Crippen LogP contribution in [-0.4, -0.2) is 29.1 Å². The number of methoxy groups -OCH3 is 1. The number of alkyl halides is 3. The number of nitrogens with zero attached hydrogens (tertiary/aromatic N) is 2. The largest absolute Gasteiger partial charge is 0.495 e. The van der Waals surface area contributed by atoms with Crippen molar-refractivity contribution < 1.29 is 31.5 Å². The fraction of sp³-hybridized carbons (Fsp3) is 0.368. The minimum Gasteiger partial charge on any atom is -0.495 e. The minimum absolute atomic E-state index is 0.200. The molecule has 30 heavy (non-hydrogen) atoms. The van der Waals surface area contributed by atoms with Gasteiger partial charge in [0.2, 0.25) is 5.95 Å². The van der Waals surface area contributed by atoms with E-state index in [1.165, 1.54) is 18.2 Å². The van der Waals surface area contributed by atoms with Gasteiger partial charge in [0.1, 0.15) is 11.6 Å². The molecule has 1 N–H and O–H groups in total. The monoisotopic (exact) mass is 447 g/mol. The quantitative estimate of drug-likeness (QED) is 0.500. The lowest BCUT2D eigenvalue weighted by Gasteiger charge is -2.36. The number of rotatable bonds is 2. The summed E-state index contributed by atoms with van der Waals surface area (Å²) in [5.41, 5.74) is -0.940. The number of amides is 2. The molecule has 1 saturated heterocycles. The second-order valence-corrected chi connectivity index (χ2v) is 7.51. The number of urea groups is 1. The number of benzene rings is 1. The number of carbonyl (C=O) groups excluding carboxylic acids is 1. The van der Waals surface area contributed by atoms with Crippen LogP contribution in [0.2, 0.25) is 5.02 Å². The highest BCUT2D eigenvalue weighted by atomic mass is 35.5. The summed E-state index contributed by atoms with van der Waals surface area (Å²) in [6.07, 6.45) is -2.29. The maximum atomic E-state index is 14.2. The minimum atomic E-state index is -4.83. The molecular weight excluding hydrogens is 433 g/mol. The van der Waals surface area contributed by atoms with Gasteiger partial charge < -0.3 is 15.0 Å². The number of carbonyl (C=O) groups is 1. The van der Waals surface area contributed by atoms with Gasteiger partial charge in [-0.2, -0.15) is 17.6 Å². The molecule has 3 heterocycles. The van der Waals surface area contributed by atoms with Gasteiger partial charge in [0.25, 0.3) is 0 Å². The van der Waals surface area contributed by atoms with Crippen LogP contribution in [0.15, 0.2) is 18.3 Å². The Bertz CT molecular complexity index is 1030. The molecule has 2 aromatic rings. The van der Waals surface area contributed by atoms with Gasteiger partial charge in [-0.25, -0.2) is 14.2 Å². The fourth-order valence-electron chi connectivity index (χ4n) is 4.19. The van der Waals surface area contributed by atoms with Crippen molar-refractivity contribution in [3.05, 3.63) is 51.8 Å². The molecular formula is C19H15ClF5N3O2. The zero-order valence-electron chi connectivity index (χ0n) is 15.5. The first-order valence-corrected chi connectivity index (χ1v) is 9.36. The summed E-state index contributed by atoms with van der Waals surface area (Å²) in [6, 6.07) is -0.649. The lowest BCUT2D eigenvalue weighted by atomic mass is 9.94. The van der Waals surface area contributed by atoms with Gasteiger partial charge in [0.15, 0.2) is 0 Å². The van der Waals surface area contributed by atoms with Crippen LogP contribution in [0.3, 0.4) is 0 Å². The van der Waals surface area contributed by atoms with E-state index < -0.39 is 46.3 Å². The molecule has 2 aliphatic heterocycles. The molecule has 2 bridgehead atoms. The Morgan fingerprint density at radius 1 is 1.30 bits per heavy atom. The number of hydrogen-bond acceptors (Lipinski definition) is 3. The molecule has 0 aliphatic carbocycles. The van der Waals surface area contributed by atoms with Crippen molar-refractivity contribution in [3.8, 4) is 5.75 Å². The summed E-state index contributed by atoms with van der Waals surface area (Å²) in [5.74, 6) is -1.57. The van der Waals surface area contributed by atoms with E-state index in [-0.39, 0.29) is 18.5 Å². The molecule has 4 rings (SSSR count). The third-order valence-electron chi connectivity index (χ3n) is 5.47. The Labute approximate surface area is 172 Å². The first kappa shape index (κ1) is 20.6. The normalized spacial score (nSPS) is 20.2. The smallest absolute Gasteiger partial charge is 0.417 e. The molecule has 2 amide bonds. The van der Waals surface area contributed by atoms with Crippen molar-refractivity contribution in [2.24, 2.45) is 0 Å². The summed E-state index contributed by atoms with van der Waals surface area (Å²) in [5, 5.41) is 1.56. The van der Waals surface area contributed by atoms with Crippen LogP contribution in [0.5, 0.6) is 5.75 Å². The molecule has 0 unspecified atom stereocenters. The molecule has 1 aromatic carbocycles. The topological polar surface area (TPSA) is 54.5 Å². The van der Waals surface area contributed by atoms with Crippen molar-refractivity contribution in [1.29, 1.82) is 0 Å². The Morgan fingerprint density at radius 3 is 2.70 bits per heavy atom. The third-order valence-corrected chi connectivity index (χ3v) is 5.78. The van der Waals surface area contributed by atoms with Crippen LogP contribution in [0.4, 0.5) is 32.4 Å². The van der Waals surface area contributed by atoms with Crippen LogP contribution < -0.4 is 10.1 Å². The Balaban J connectivity index is 1.65.